The van der Waals surface area contributed by atoms with Crippen molar-refractivity contribution in [3.63, 3.8) is 0 Å². The molecule has 0 aromatic rings. The molecule has 1 amide bonds. The summed E-state index contributed by atoms with van der Waals surface area (Å²) in [6.45, 7) is 3.56. The van der Waals surface area contributed by atoms with Crippen molar-refractivity contribution >= 4 is 23.1 Å². The number of aliphatic hydroxyl groups is 1. The lowest BCUT2D eigenvalue weighted by Crippen LogP contribution is -2.55. The van der Waals surface area contributed by atoms with E-state index in [1.165, 1.54) is 0 Å². The van der Waals surface area contributed by atoms with Crippen LogP contribution in [0.2, 0.25) is 0 Å². The first-order chi connectivity index (χ1) is 7.84. The number of amides is 1. The average molecular weight is 256 g/mol. The number of rotatable bonds is 2. The van der Waals surface area contributed by atoms with E-state index in [1.807, 2.05) is 4.90 Å². The molecule has 2 saturated heterocycles. The zero-order valence-electron chi connectivity index (χ0n) is 10.3. The van der Waals surface area contributed by atoms with Crippen molar-refractivity contribution in [2.45, 2.75) is 57.7 Å². The van der Waals surface area contributed by atoms with Gasteiger partial charge < -0.3 is 15.7 Å². The van der Waals surface area contributed by atoms with Gasteiger partial charge in [-0.15, -0.1) is 0 Å². The maximum absolute atomic E-state index is 12.5. The lowest BCUT2D eigenvalue weighted by atomic mass is 9.88. The largest absolute Gasteiger partial charge is 0.393 e. The summed E-state index contributed by atoms with van der Waals surface area (Å²) in [5, 5.41) is 9.71. The van der Waals surface area contributed by atoms with Gasteiger partial charge in [-0.25, -0.2) is 0 Å². The van der Waals surface area contributed by atoms with Gasteiger partial charge in [0.1, 0.15) is 0 Å². The molecule has 17 heavy (non-hydrogen) atoms. The maximum Gasteiger partial charge on any atom is 0.235 e. The van der Waals surface area contributed by atoms with E-state index in [9.17, 15) is 9.90 Å². The van der Waals surface area contributed by atoms with Gasteiger partial charge in [-0.2, -0.15) is 0 Å². The minimum absolute atomic E-state index is 0.0180. The Bertz CT molecular complexity index is 342. The Labute approximate surface area is 107 Å². The first-order valence-corrected chi connectivity index (χ1v) is 6.55. The molecule has 0 radical (unpaired) electrons. The van der Waals surface area contributed by atoms with Crippen LogP contribution in [0.5, 0.6) is 0 Å². The summed E-state index contributed by atoms with van der Waals surface area (Å²) in [6.07, 6.45) is 3.09. The Morgan fingerprint density at radius 1 is 1.35 bits per heavy atom. The highest BCUT2D eigenvalue weighted by Gasteiger charge is 2.47. The zero-order valence-corrected chi connectivity index (χ0v) is 11.2. The van der Waals surface area contributed by atoms with Crippen molar-refractivity contribution in [1.29, 1.82) is 0 Å². The maximum atomic E-state index is 12.5. The Hall–Kier alpha value is -0.680. The second kappa shape index (κ2) is 4.21. The van der Waals surface area contributed by atoms with E-state index in [4.69, 9.17) is 18.0 Å². The summed E-state index contributed by atoms with van der Waals surface area (Å²) in [5.74, 6) is 0.0180. The van der Waals surface area contributed by atoms with Crippen LogP contribution in [-0.2, 0) is 4.79 Å². The molecule has 2 rings (SSSR count). The van der Waals surface area contributed by atoms with E-state index in [-0.39, 0.29) is 29.1 Å². The van der Waals surface area contributed by atoms with E-state index in [0.717, 1.165) is 12.8 Å². The summed E-state index contributed by atoms with van der Waals surface area (Å²) < 4.78 is 0. The van der Waals surface area contributed by atoms with E-state index < -0.39 is 5.41 Å². The third-order valence-corrected chi connectivity index (χ3v) is 4.60. The fraction of sp³-hybridized carbons (Fsp3) is 0.833. The molecule has 96 valence electrons. The number of piperidine rings is 1. The number of thiocarbonyl (C=S) groups is 1. The fourth-order valence-electron chi connectivity index (χ4n) is 2.91. The van der Waals surface area contributed by atoms with Crippen LogP contribution in [-0.4, -0.2) is 39.1 Å². The van der Waals surface area contributed by atoms with Crippen LogP contribution < -0.4 is 5.73 Å². The number of nitrogens with two attached hydrogens (primary N) is 1. The molecule has 0 aromatic heterocycles. The van der Waals surface area contributed by atoms with Crippen LogP contribution in [0, 0.1) is 5.41 Å². The van der Waals surface area contributed by atoms with Crippen LogP contribution in [0.15, 0.2) is 0 Å². The molecule has 2 heterocycles. The van der Waals surface area contributed by atoms with Crippen molar-refractivity contribution in [2.24, 2.45) is 11.1 Å². The third kappa shape index (κ3) is 2.06. The molecule has 3 N–H and O–H groups in total. The predicted molar refractivity (Wildman–Crippen MR) is 69.5 cm³/mol. The van der Waals surface area contributed by atoms with Crippen LogP contribution in [0.25, 0.3) is 0 Å². The van der Waals surface area contributed by atoms with Gasteiger partial charge in [0.05, 0.1) is 16.5 Å². The Morgan fingerprint density at radius 2 is 1.82 bits per heavy atom. The van der Waals surface area contributed by atoms with E-state index in [2.05, 4.69) is 0 Å². The topological polar surface area (TPSA) is 66.6 Å². The number of carbonyl (C=O) groups is 1. The molecular formula is C12H20N2O2S. The highest BCUT2D eigenvalue weighted by molar-refractivity contribution is 7.80. The van der Waals surface area contributed by atoms with Gasteiger partial charge in [-0.1, -0.05) is 12.2 Å². The monoisotopic (exact) mass is 256 g/mol. The molecule has 0 saturated carbocycles. The van der Waals surface area contributed by atoms with Gasteiger partial charge >= 0.3 is 0 Å². The molecule has 2 fully saturated rings. The van der Waals surface area contributed by atoms with Crippen LogP contribution in [0.1, 0.15) is 39.5 Å². The fourth-order valence-corrected chi connectivity index (χ4v) is 3.00. The van der Waals surface area contributed by atoms with Gasteiger partial charge in [0.15, 0.2) is 0 Å². The van der Waals surface area contributed by atoms with Crippen molar-refractivity contribution in [3.05, 3.63) is 0 Å². The quantitative estimate of drug-likeness (QED) is 0.718. The molecule has 2 aliphatic heterocycles. The molecule has 5 heteroatoms. The Morgan fingerprint density at radius 3 is 2.24 bits per heavy atom. The number of hydrogen-bond donors (Lipinski definition) is 2. The smallest absolute Gasteiger partial charge is 0.235 e. The van der Waals surface area contributed by atoms with E-state index >= 15 is 0 Å². The van der Waals surface area contributed by atoms with E-state index in [1.54, 1.807) is 13.8 Å². The van der Waals surface area contributed by atoms with Crippen molar-refractivity contribution in [2.75, 3.05) is 0 Å². The Balaban J connectivity index is 2.19. The lowest BCUT2D eigenvalue weighted by molar-refractivity contribution is -0.143. The molecule has 2 bridgehead atoms. The van der Waals surface area contributed by atoms with Gasteiger partial charge in [0.2, 0.25) is 5.91 Å². The first-order valence-electron chi connectivity index (χ1n) is 6.14. The van der Waals surface area contributed by atoms with Gasteiger partial charge in [-0.3, -0.25) is 4.79 Å². The molecule has 0 aromatic carbocycles. The molecule has 2 aliphatic rings. The average Bonchev–Trinajstić information content (AvgIpc) is 2.49. The summed E-state index contributed by atoms with van der Waals surface area (Å²) >= 11 is 4.98. The number of aliphatic hydroxyl groups excluding tert-OH is 1. The van der Waals surface area contributed by atoms with Crippen LogP contribution >= 0.6 is 12.2 Å². The van der Waals surface area contributed by atoms with Crippen LogP contribution in [0.3, 0.4) is 0 Å². The summed E-state index contributed by atoms with van der Waals surface area (Å²) in [6, 6.07) is 0.342. The first kappa shape index (κ1) is 12.8. The zero-order chi connectivity index (χ0) is 12.8. The van der Waals surface area contributed by atoms with Crippen molar-refractivity contribution in [1.82, 2.24) is 4.90 Å². The van der Waals surface area contributed by atoms with Crippen LogP contribution in [0.4, 0.5) is 0 Å². The molecule has 4 nitrogen and oxygen atoms in total. The molecular weight excluding hydrogens is 236 g/mol. The minimum atomic E-state index is -0.779. The summed E-state index contributed by atoms with van der Waals surface area (Å²) in [4.78, 5) is 14.7. The molecule has 0 aliphatic carbocycles. The van der Waals surface area contributed by atoms with Gasteiger partial charge in [0, 0.05) is 12.1 Å². The van der Waals surface area contributed by atoms with Gasteiger partial charge in [-0.05, 0) is 39.5 Å². The van der Waals surface area contributed by atoms with E-state index in [0.29, 0.717) is 12.8 Å². The van der Waals surface area contributed by atoms with Gasteiger partial charge in [0.25, 0.3) is 0 Å². The molecule has 0 spiro atoms. The highest BCUT2D eigenvalue weighted by Crippen LogP contribution is 2.38. The summed E-state index contributed by atoms with van der Waals surface area (Å²) in [5.41, 5.74) is 4.87. The molecule has 2 atom stereocenters. The number of carbonyl (C=O) groups excluding carboxylic acids is 1. The standard InChI is InChI=1S/C12H20N2O2S/c1-12(2,10(13)17)11(16)14-7-3-4-8(14)6-9(15)5-7/h7-9,15H,3-6H2,1-2H3,(H2,13,17). The lowest BCUT2D eigenvalue weighted by Gasteiger charge is -2.41. The minimum Gasteiger partial charge on any atom is -0.393 e. The normalized spacial score (nSPS) is 32.6. The number of fused-ring (bicyclic) bond motifs is 2. The van der Waals surface area contributed by atoms with Crippen molar-refractivity contribution in [3.8, 4) is 0 Å². The second-order valence-corrected chi connectivity index (χ2v) is 6.15. The predicted octanol–water partition coefficient (Wildman–Crippen LogP) is 0.813. The SMILES string of the molecule is CC(C)(C(=O)N1C2CCC1CC(O)C2)C(N)=S. The third-order valence-electron chi connectivity index (χ3n) is 4.09. The molecule has 2 unspecified atom stereocenters. The highest BCUT2D eigenvalue weighted by atomic mass is 32.1. The summed E-state index contributed by atoms with van der Waals surface area (Å²) in [7, 11) is 0. The number of hydrogen-bond acceptors (Lipinski definition) is 3. The second-order valence-electron chi connectivity index (χ2n) is 5.71. The Kier molecular flexibility index (Phi) is 3.16. The van der Waals surface area contributed by atoms with Crippen molar-refractivity contribution < 1.29 is 9.90 Å². The number of nitrogens with zero attached hydrogens (tertiary/aromatic N) is 1.